The fraction of sp³-hybridized carbons (Fsp3) is 0.333. The summed E-state index contributed by atoms with van der Waals surface area (Å²) < 4.78 is 10.8. The molecule has 2 N–H and O–H groups in total. The van der Waals surface area contributed by atoms with Crippen molar-refractivity contribution in [3.05, 3.63) is 30.0 Å². The lowest BCUT2D eigenvalue weighted by Gasteiger charge is -2.14. The highest BCUT2D eigenvalue weighted by Crippen LogP contribution is 2.32. The highest BCUT2D eigenvalue weighted by Gasteiger charge is 2.19. The molecule has 1 aromatic carbocycles. The van der Waals surface area contributed by atoms with E-state index >= 15 is 0 Å². The van der Waals surface area contributed by atoms with Crippen molar-refractivity contribution in [2.45, 2.75) is 26.9 Å². The molecule has 0 saturated heterocycles. The number of anilines is 1. The van der Waals surface area contributed by atoms with Crippen LogP contribution in [-0.4, -0.2) is 23.7 Å². The monoisotopic (exact) mass is 274 g/mol. The standard InChI is InChI=1S/C15H18N2O3/c1-4-19-12-8-11(15(18)20-9(2)3)13(16)14-10(12)6-5-7-17-14/h5-9H,4,16H2,1-3H3. The molecule has 0 aliphatic carbocycles. The van der Waals surface area contributed by atoms with Crippen molar-refractivity contribution < 1.29 is 14.3 Å². The number of fused-ring (bicyclic) bond motifs is 1. The van der Waals surface area contributed by atoms with E-state index in [0.29, 0.717) is 23.6 Å². The molecule has 0 aliphatic heterocycles. The fourth-order valence-corrected chi connectivity index (χ4v) is 1.95. The van der Waals surface area contributed by atoms with Gasteiger partial charge in [0.1, 0.15) is 5.75 Å². The Morgan fingerprint density at radius 3 is 2.85 bits per heavy atom. The Bertz CT molecular complexity index is 638. The zero-order valence-corrected chi connectivity index (χ0v) is 11.8. The van der Waals surface area contributed by atoms with Gasteiger partial charge < -0.3 is 15.2 Å². The molecule has 0 unspecified atom stereocenters. The summed E-state index contributed by atoms with van der Waals surface area (Å²) in [5.41, 5.74) is 7.19. The van der Waals surface area contributed by atoms with Crippen LogP contribution in [-0.2, 0) is 4.74 Å². The van der Waals surface area contributed by atoms with Crippen LogP contribution in [0.4, 0.5) is 5.69 Å². The molecule has 20 heavy (non-hydrogen) atoms. The second-order valence-electron chi connectivity index (χ2n) is 4.62. The summed E-state index contributed by atoms with van der Waals surface area (Å²) in [6.45, 7) is 5.95. The number of carbonyl (C=O) groups is 1. The molecule has 0 bridgehead atoms. The molecule has 5 nitrogen and oxygen atoms in total. The topological polar surface area (TPSA) is 74.4 Å². The first kappa shape index (κ1) is 14.1. The lowest BCUT2D eigenvalue weighted by Crippen LogP contribution is -2.14. The number of nitrogen functional groups attached to an aromatic ring is 1. The molecule has 0 atom stereocenters. The number of carbonyl (C=O) groups excluding carboxylic acids is 1. The Hall–Kier alpha value is -2.30. The molecule has 2 rings (SSSR count). The molecule has 0 aliphatic rings. The van der Waals surface area contributed by atoms with E-state index in [4.69, 9.17) is 15.2 Å². The van der Waals surface area contributed by atoms with Gasteiger partial charge in [-0.3, -0.25) is 4.98 Å². The number of esters is 1. The van der Waals surface area contributed by atoms with Crippen LogP contribution in [0.3, 0.4) is 0 Å². The number of pyridine rings is 1. The third-order valence-corrected chi connectivity index (χ3v) is 2.76. The van der Waals surface area contributed by atoms with Gasteiger partial charge in [-0.25, -0.2) is 4.79 Å². The predicted molar refractivity (Wildman–Crippen MR) is 77.9 cm³/mol. The van der Waals surface area contributed by atoms with Gasteiger partial charge in [-0.05, 0) is 39.0 Å². The second kappa shape index (κ2) is 5.77. The van der Waals surface area contributed by atoms with Crippen molar-refractivity contribution in [2.75, 3.05) is 12.3 Å². The van der Waals surface area contributed by atoms with Gasteiger partial charge in [0.15, 0.2) is 0 Å². The number of benzene rings is 1. The van der Waals surface area contributed by atoms with E-state index in [1.807, 2.05) is 13.0 Å². The molecule has 0 amide bonds. The average Bonchev–Trinajstić information content (AvgIpc) is 2.41. The van der Waals surface area contributed by atoms with E-state index in [1.165, 1.54) is 0 Å². The molecule has 1 aromatic heterocycles. The van der Waals surface area contributed by atoms with Crippen molar-refractivity contribution >= 4 is 22.6 Å². The number of hydrogen-bond acceptors (Lipinski definition) is 5. The van der Waals surface area contributed by atoms with Crippen LogP contribution in [0.15, 0.2) is 24.4 Å². The predicted octanol–water partition coefficient (Wildman–Crippen LogP) is 2.78. The summed E-state index contributed by atoms with van der Waals surface area (Å²) in [6.07, 6.45) is 1.42. The Kier molecular flexibility index (Phi) is 4.08. The van der Waals surface area contributed by atoms with Gasteiger partial charge >= 0.3 is 5.97 Å². The molecule has 5 heteroatoms. The van der Waals surface area contributed by atoms with Gasteiger partial charge in [0, 0.05) is 11.6 Å². The zero-order valence-electron chi connectivity index (χ0n) is 11.8. The molecule has 0 saturated carbocycles. The molecular weight excluding hydrogens is 256 g/mol. The highest BCUT2D eigenvalue weighted by molar-refractivity contribution is 6.06. The van der Waals surface area contributed by atoms with Gasteiger partial charge in [0.25, 0.3) is 0 Å². The first-order valence-electron chi connectivity index (χ1n) is 6.55. The summed E-state index contributed by atoms with van der Waals surface area (Å²) in [7, 11) is 0. The van der Waals surface area contributed by atoms with E-state index < -0.39 is 5.97 Å². The van der Waals surface area contributed by atoms with E-state index in [0.717, 1.165) is 5.39 Å². The number of hydrogen-bond donors (Lipinski definition) is 1. The number of nitrogens with zero attached hydrogens (tertiary/aromatic N) is 1. The molecule has 0 spiro atoms. The first-order chi connectivity index (χ1) is 9.54. The van der Waals surface area contributed by atoms with Crippen LogP contribution in [0.25, 0.3) is 10.9 Å². The maximum Gasteiger partial charge on any atom is 0.340 e. The van der Waals surface area contributed by atoms with Gasteiger partial charge in [0.2, 0.25) is 0 Å². The quantitative estimate of drug-likeness (QED) is 0.685. The van der Waals surface area contributed by atoms with Crippen LogP contribution in [0.2, 0.25) is 0 Å². The number of nitrogens with two attached hydrogens (primary N) is 1. The number of rotatable bonds is 4. The molecule has 1 heterocycles. The SMILES string of the molecule is CCOc1cc(C(=O)OC(C)C)c(N)c2ncccc12. The maximum absolute atomic E-state index is 12.1. The lowest BCUT2D eigenvalue weighted by atomic mass is 10.1. The van der Waals surface area contributed by atoms with Crippen molar-refractivity contribution in [1.82, 2.24) is 4.98 Å². The van der Waals surface area contributed by atoms with Crippen molar-refractivity contribution in [1.29, 1.82) is 0 Å². The minimum atomic E-state index is -0.467. The van der Waals surface area contributed by atoms with Crippen molar-refractivity contribution in [3.63, 3.8) is 0 Å². The Balaban J connectivity index is 2.60. The molecule has 0 radical (unpaired) electrons. The van der Waals surface area contributed by atoms with E-state index in [9.17, 15) is 4.79 Å². The van der Waals surface area contributed by atoms with Crippen LogP contribution in [0, 0.1) is 0 Å². The van der Waals surface area contributed by atoms with Gasteiger partial charge in [-0.2, -0.15) is 0 Å². The molecule has 106 valence electrons. The number of ether oxygens (including phenoxy) is 2. The summed E-state index contributed by atoms with van der Waals surface area (Å²) >= 11 is 0. The van der Waals surface area contributed by atoms with Gasteiger partial charge in [-0.1, -0.05) is 0 Å². The summed E-state index contributed by atoms with van der Waals surface area (Å²) in [6, 6.07) is 5.28. The normalized spacial score (nSPS) is 10.8. The number of aromatic nitrogens is 1. The average molecular weight is 274 g/mol. The van der Waals surface area contributed by atoms with Crippen LogP contribution >= 0.6 is 0 Å². The zero-order chi connectivity index (χ0) is 14.7. The highest BCUT2D eigenvalue weighted by atomic mass is 16.5. The first-order valence-corrected chi connectivity index (χ1v) is 6.55. The maximum atomic E-state index is 12.1. The third kappa shape index (κ3) is 2.66. The van der Waals surface area contributed by atoms with Crippen LogP contribution < -0.4 is 10.5 Å². The van der Waals surface area contributed by atoms with E-state index in [2.05, 4.69) is 4.98 Å². The summed E-state index contributed by atoms with van der Waals surface area (Å²) in [4.78, 5) is 16.3. The minimum absolute atomic E-state index is 0.211. The Morgan fingerprint density at radius 1 is 1.45 bits per heavy atom. The van der Waals surface area contributed by atoms with Crippen LogP contribution in [0.5, 0.6) is 5.75 Å². The van der Waals surface area contributed by atoms with Gasteiger partial charge in [0.05, 0.1) is 29.5 Å². The Morgan fingerprint density at radius 2 is 2.20 bits per heavy atom. The van der Waals surface area contributed by atoms with Crippen molar-refractivity contribution in [3.8, 4) is 5.75 Å². The lowest BCUT2D eigenvalue weighted by molar-refractivity contribution is 0.0379. The van der Waals surface area contributed by atoms with E-state index in [1.54, 1.807) is 32.2 Å². The van der Waals surface area contributed by atoms with E-state index in [-0.39, 0.29) is 11.7 Å². The largest absolute Gasteiger partial charge is 0.493 e. The minimum Gasteiger partial charge on any atom is -0.493 e. The molecular formula is C15H18N2O3. The molecule has 2 aromatic rings. The third-order valence-electron chi connectivity index (χ3n) is 2.76. The smallest absolute Gasteiger partial charge is 0.340 e. The van der Waals surface area contributed by atoms with Crippen molar-refractivity contribution in [2.24, 2.45) is 0 Å². The van der Waals surface area contributed by atoms with Gasteiger partial charge in [-0.15, -0.1) is 0 Å². The van der Waals surface area contributed by atoms with Crippen LogP contribution in [0.1, 0.15) is 31.1 Å². The summed E-state index contributed by atoms with van der Waals surface area (Å²) in [5.74, 6) is 0.117. The summed E-state index contributed by atoms with van der Waals surface area (Å²) in [5, 5.41) is 0.785. The Labute approximate surface area is 117 Å². The molecule has 0 fully saturated rings. The second-order valence-corrected chi connectivity index (χ2v) is 4.62. The fourth-order valence-electron chi connectivity index (χ4n) is 1.95.